The topological polar surface area (TPSA) is 0 Å². The van der Waals surface area contributed by atoms with Crippen LogP contribution < -0.4 is 0 Å². The minimum absolute atomic E-state index is 0.398. The van der Waals surface area contributed by atoms with Crippen LogP contribution in [0.2, 0.25) is 0 Å². The second-order valence-corrected chi connectivity index (χ2v) is 3.63. The molecule has 1 rings (SSSR count). The molecule has 0 aliphatic rings. The van der Waals surface area contributed by atoms with Crippen molar-refractivity contribution in [1.82, 2.24) is 0 Å². The van der Waals surface area contributed by atoms with Gasteiger partial charge in [-0.2, -0.15) is 0 Å². The van der Waals surface area contributed by atoms with Crippen LogP contribution in [-0.2, 0) is 5.41 Å². The van der Waals surface area contributed by atoms with Gasteiger partial charge in [0.2, 0.25) is 0 Å². The van der Waals surface area contributed by atoms with Crippen molar-refractivity contribution in [2.45, 2.75) is 45.4 Å². The molecule has 0 aromatic heterocycles. The predicted octanol–water partition coefficient (Wildman–Crippen LogP) is 3.95. The maximum atomic E-state index is 3.08. The third-order valence-corrected chi connectivity index (χ3v) is 3.36. The van der Waals surface area contributed by atoms with Gasteiger partial charge in [-0.05, 0) is 36.3 Å². The van der Waals surface area contributed by atoms with Gasteiger partial charge in [0.1, 0.15) is 0 Å². The van der Waals surface area contributed by atoms with E-state index in [4.69, 9.17) is 0 Å². The summed E-state index contributed by atoms with van der Waals surface area (Å²) in [5, 5.41) is 0. The maximum Gasteiger partial charge on any atom is -0.00548 e. The van der Waals surface area contributed by atoms with E-state index in [1.165, 1.54) is 24.8 Å². The summed E-state index contributed by atoms with van der Waals surface area (Å²) in [7, 11) is 0. The van der Waals surface area contributed by atoms with Gasteiger partial charge >= 0.3 is 0 Å². The van der Waals surface area contributed by atoms with E-state index in [0.29, 0.717) is 5.41 Å². The molecule has 0 atom stereocenters. The quantitative estimate of drug-likeness (QED) is 0.650. The van der Waals surface area contributed by atoms with Gasteiger partial charge < -0.3 is 0 Å². The molecule has 0 spiro atoms. The molecular weight excluding hydrogens is 156 g/mol. The largest absolute Gasteiger partial charge is 0.0645 e. The van der Waals surface area contributed by atoms with E-state index in [1.54, 1.807) is 0 Å². The lowest BCUT2D eigenvalue weighted by Crippen LogP contribution is -2.22. The lowest BCUT2D eigenvalue weighted by Gasteiger charge is -2.31. The van der Waals surface area contributed by atoms with Gasteiger partial charge in [0.15, 0.2) is 0 Å². The zero-order valence-electron chi connectivity index (χ0n) is 8.93. The van der Waals surface area contributed by atoms with Crippen LogP contribution in [0, 0.1) is 6.07 Å². The van der Waals surface area contributed by atoms with Gasteiger partial charge in [-0.1, -0.05) is 45.0 Å². The summed E-state index contributed by atoms with van der Waals surface area (Å²) < 4.78 is 0. The van der Waals surface area contributed by atoms with Crippen molar-refractivity contribution in [1.29, 1.82) is 0 Å². The average molecular weight is 175 g/mol. The molecule has 0 saturated heterocycles. The first-order valence-corrected chi connectivity index (χ1v) is 5.25. The molecule has 13 heavy (non-hydrogen) atoms. The highest BCUT2D eigenvalue weighted by Crippen LogP contribution is 2.34. The Labute approximate surface area is 82.0 Å². The first-order valence-electron chi connectivity index (χ1n) is 5.25. The molecule has 1 aromatic carbocycles. The summed E-state index contributed by atoms with van der Waals surface area (Å²) in [4.78, 5) is 0. The molecule has 0 aliphatic heterocycles. The molecule has 0 heteroatoms. The third-order valence-electron chi connectivity index (χ3n) is 3.36. The number of rotatable bonds is 4. The van der Waals surface area contributed by atoms with Crippen molar-refractivity contribution >= 4 is 0 Å². The standard InChI is InChI=1S/C13H19/c1-4-13(5-2,6-3)12-10-8-7-9-11-12/h8-11H,4-6H2,1-3H3. The van der Waals surface area contributed by atoms with Gasteiger partial charge in [-0.15, -0.1) is 0 Å². The van der Waals surface area contributed by atoms with Crippen molar-refractivity contribution < 1.29 is 0 Å². The van der Waals surface area contributed by atoms with Crippen molar-refractivity contribution in [3.8, 4) is 0 Å². The molecule has 0 amide bonds. The zero-order chi connectivity index (χ0) is 9.73. The Kier molecular flexibility index (Phi) is 3.53. The van der Waals surface area contributed by atoms with E-state index < -0.39 is 0 Å². The van der Waals surface area contributed by atoms with E-state index in [2.05, 4.69) is 39.0 Å². The van der Waals surface area contributed by atoms with Gasteiger partial charge in [0.05, 0.1) is 0 Å². The molecule has 1 radical (unpaired) electrons. The Balaban J connectivity index is 3.01. The van der Waals surface area contributed by atoms with Crippen LogP contribution in [0.25, 0.3) is 0 Å². The zero-order valence-corrected chi connectivity index (χ0v) is 8.93. The minimum Gasteiger partial charge on any atom is -0.0645 e. The van der Waals surface area contributed by atoms with Gasteiger partial charge in [-0.3, -0.25) is 0 Å². The van der Waals surface area contributed by atoms with Crippen LogP contribution in [0.1, 0.15) is 45.6 Å². The Hall–Kier alpha value is -0.780. The monoisotopic (exact) mass is 175 g/mol. The third kappa shape index (κ3) is 1.93. The SMILES string of the molecule is CCC(CC)(CC)c1cc[c]cc1. The second-order valence-electron chi connectivity index (χ2n) is 3.63. The van der Waals surface area contributed by atoms with Crippen molar-refractivity contribution in [2.75, 3.05) is 0 Å². The molecule has 71 valence electrons. The summed E-state index contributed by atoms with van der Waals surface area (Å²) in [6.07, 6.45) is 3.68. The highest BCUT2D eigenvalue weighted by Gasteiger charge is 2.25. The van der Waals surface area contributed by atoms with Gasteiger partial charge in [-0.25, -0.2) is 0 Å². The molecule has 0 unspecified atom stereocenters. The molecular formula is C13H19. The molecule has 0 aliphatic carbocycles. The van der Waals surface area contributed by atoms with Crippen LogP contribution in [0.4, 0.5) is 0 Å². The predicted molar refractivity (Wildman–Crippen MR) is 57.8 cm³/mol. The van der Waals surface area contributed by atoms with E-state index >= 15 is 0 Å². The molecule has 0 heterocycles. The number of hydrogen-bond acceptors (Lipinski definition) is 0. The van der Waals surface area contributed by atoms with Crippen LogP contribution in [0.5, 0.6) is 0 Å². The van der Waals surface area contributed by atoms with Crippen molar-refractivity contribution in [3.63, 3.8) is 0 Å². The summed E-state index contributed by atoms with van der Waals surface area (Å²) in [5.74, 6) is 0. The number of hydrogen-bond donors (Lipinski definition) is 0. The first kappa shape index (κ1) is 10.3. The fraction of sp³-hybridized carbons (Fsp3) is 0.538. The summed E-state index contributed by atoms with van der Waals surface area (Å²) in [6, 6.07) is 11.5. The highest BCUT2D eigenvalue weighted by atomic mass is 14.3. The Morgan fingerprint density at radius 1 is 1.00 bits per heavy atom. The highest BCUT2D eigenvalue weighted by molar-refractivity contribution is 5.24. The molecule has 1 aromatic rings. The smallest absolute Gasteiger partial charge is 0.00548 e. The molecule has 0 bridgehead atoms. The maximum absolute atomic E-state index is 3.08. The summed E-state index contributed by atoms with van der Waals surface area (Å²) in [5.41, 5.74) is 1.87. The summed E-state index contributed by atoms with van der Waals surface area (Å²) >= 11 is 0. The van der Waals surface area contributed by atoms with Gasteiger partial charge in [0.25, 0.3) is 0 Å². The molecule has 0 nitrogen and oxygen atoms in total. The lowest BCUT2D eigenvalue weighted by molar-refractivity contribution is 0.381. The second kappa shape index (κ2) is 4.45. The Morgan fingerprint density at radius 2 is 1.46 bits per heavy atom. The Morgan fingerprint density at radius 3 is 1.85 bits per heavy atom. The lowest BCUT2D eigenvalue weighted by atomic mass is 9.74. The van der Waals surface area contributed by atoms with Crippen LogP contribution in [0.15, 0.2) is 24.3 Å². The molecule has 0 fully saturated rings. The molecule has 0 saturated carbocycles. The number of benzene rings is 1. The van der Waals surface area contributed by atoms with Crippen LogP contribution in [0.3, 0.4) is 0 Å². The van der Waals surface area contributed by atoms with Crippen molar-refractivity contribution in [3.05, 3.63) is 35.9 Å². The van der Waals surface area contributed by atoms with Gasteiger partial charge in [0, 0.05) is 0 Å². The normalized spacial score (nSPS) is 11.6. The first-order chi connectivity index (χ1) is 6.29. The van der Waals surface area contributed by atoms with Crippen LogP contribution in [-0.4, -0.2) is 0 Å². The fourth-order valence-corrected chi connectivity index (χ4v) is 2.10. The summed E-state index contributed by atoms with van der Waals surface area (Å²) in [6.45, 7) is 6.84. The van der Waals surface area contributed by atoms with Crippen LogP contribution >= 0.6 is 0 Å². The average Bonchev–Trinajstić information content (AvgIpc) is 2.23. The van der Waals surface area contributed by atoms with E-state index in [-0.39, 0.29) is 0 Å². The Bertz CT molecular complexity index is 223. The van der Waals surface area contributed by atoms with Crippen molar-refractivity contribution in [2.24, 2.45) is 0 Å². The molecule has 0 N–H and O–H groups in total. The van der Waals surface area contributed by atoms with E-state index in [9.17, 15) is 0 Å². The fourth-order valence-electron chi connectivity index (χ4n) is 2.10. The van der Waals surface area contributed by atoms with E-state index in [0.717, 1.165) is 0 Å². The van der Waals surface area contributed by atoms with E-state index in [1.807, 2.05) is 12.1 Å². The minimum atomic E-state index is 0.398.